The van der Waals surface area contributed by atoms with E-state index in [0.29, 0.717) is 16.9 Å². The zero-order valence-electron chi connectivity index (χ0n) is 13.0. The van der Waals surface area contributed by atoms with Gasteiger partial charge in [0.15, 0.2) is 0 Å². The average molecular weight is 329 g/mol. The first kappa shape index (κ1) is 17.2. The molecule has 0 heterocycles. The minimum atomic E-state index is -1.25. The maximum Gasteiger partial charge on any atom is 0.352 e. The van der Waals surface area contributed by atoms with Crippen LogP contribution in [0, 0.1) is 5.82 Å². The Balaban J connectivity index is 2.15. The molecule has 0 fully saturated rings. The minimum absolute atomic E-state index is 0.0529. The van der Waals surface area contributed by atoms with Crippen molar-refractivity contribution in [3.63, 3.8) is 0 Å². The van der Waals surface area contributed by atoms with Crippen LogP contribution in [0.5, 0.6) is 5.75 Å². The number of carboxylic acid groups (broad SMARTS) is 1. The van der Waals surface area contributed by atoms with E-state index in [9.17, 15) is 14.0 Å². The fourth-order valence-corrected chi connectivity index (χ4v) is 1.98. The number of aliphatic carboxylic acids is 1. The number of carboxylic acids is 1. The Morgan fingerprint density at radius 2 is 1.96 bits per heavy atom. The average Bonchev–Trinajstić information content (AvgIpc) is 2.53. The molecule has 2 aromatic rings. The van der Waals surface area contributed by atoms with Crippen LogP contribution in [0.4, 0.5) is 4.39 Å². The Morgan fingerprint density at radius 1 is 1.21 bits per heavy atom. The largest absolute Gasteiger partial charge is 0.489 e. The minimum Gasteiger partial charge on any atom is -0.489 e. The van der Waals surface area contributed by atoms with Crippen LogP contribution < -0.4 is 10.1 Å². The number of benzene rings is 2. The number of ether oxygens (including phenoxy) is 1. The fourth-order valence-electron chi connectivity index (χ4n) is 1.98. The molecule has 24 heavy (non-hydrogen) atoms. The predicted molar refractivity (Wildman–Crippen MR) is 86.6 cm³/mol. The van der Waals surface area contributed by atoms with Crippen LogP contribution in [-0.4, -0.2) is 17.0 Å². The summed E-state index contributed by atoms with van der Waals surface area (Å²) in [6.07, 6.45) is 1.32. The Morgan fingerprint density at radius 3 is 2.62 bits per heavy atom. The van der Waals surface area contributed by atoms with E-state index in [4.69, 9.17) is 9.84 Å². The Labute approximate surface area is 138 Å². The van der Waals surface area contributed by atoms with Gasteiger partial charge in [-0.15, -0.1) is 0 Å². The van der Waals surface area contributed by atoms with Crippen molar-refractivity contribution in [3.05, 3.63) is 71.2 Å². The molecule has 0 atom stereocenters. The van der Waals surface area contributed by atoms with Crippen molar-refractivity contribution < 1.29 is 23.8 Å². The molecule has 124 valence electrons. The van der Waals surface area contributed by atoms with Crippen molar-refractivity contribution in [2.24, 2.45) is 0 Å². The highest BCUT2D eigenvalue weighted by atomic mass is 19.1. The first-order valence-electron chi connectivity index (χ1n) is 7.14. The zero-order chi connectivity index (χ0) is 17.5. The van der Waals surface area contributed by atoms with Crippen molar-refractivity contribution in [3.8, 4) is 5.75 Å². The lowest BCUT2D eigenvalue weighted by atomic mass is 10.1. The summed E-state index contributed by atoms with van der Waals surface area (Å²) < 4.78 is 19.1. The third kappa shape index (κ3) is 4.95. The third-order valence-corrected chi connectivity index (χ3v) is 3.06. The van der Waals surface area contributed by atoms with Crippen LogP contribution in [0.25, 0.3) is 6.08 Å². The summed E-state index contributed by atoms with van der Waals surface area (Å²) in [5, 5.41) is 11.3. The Kier molecular flexibility index (Phi) is 5.68. The second-order valence-corrected chi connectivity index (χ2v) is 5.00. The third-order valence-electron chi connectivity index (χ3n) is 3.06. The molecule has 2 rings (SSSR count). The molecule has 2 aromatic carbocycles. The van der Waals surface area contributed by atoms with E-state index >= 15 is 0 Å². The maximum absolute atomic E-state index is 13.6. The molecule has 0 bridgehead atoms. The lowest BCUT2D eigenvalue weighted by molar-refractivity contribution is -0.134. The summed E-state index contributed by atoms with van der Waals surface area (Å²) in [4.78, 5) is 22.1. The van der Waals surface area contributed by atoms with Gasteiger partial charge in [0.25, 0.3) is 0 Å². The van der Waals surface area contributed by atoms with E-state index in [1.807, 2.05) is 0 Å². The maximum atomic E-state index is 13.6. The van der Waals surface area contributed by atoms with E-state index in [0.717, 1.165) is 0 Å². The number of carbonyl (C=O) groups is 2. The molecule has 0 spiro atoms. The first-order chi connectivity index (χ1) is 11.5. The molecule has 5 nitrogen and oxygen atoms in total. The predicted octanol–water partition coefficient (Wildman–Crippen LogP) is 2.97. The number of carbonyl (C=O) groups excluding carboxylic acids is 1. The molecule has 0 radical (unpaired) electrons. The van der Waals surface area contributed by atoms with Gasteiger partial charge in [-0.2, -0.15) is 0 Å². The van der Waals surface area contributed by atoms with Gasteiger partial charge in [0.2, 0.25) is 5.91 Å². The highest BCUT2D eigenvalue weighted by molar-refractivity contribution is 5.96. The fraction of sp³-hybridized carbons (Fsp3) is 0.111. The van der Waals surface area contributed by atoms with Crippen LogP contribution in [0.2, 0.25) is 0 Å². The zero-order valence-corrected chi connectivity index (χ0v) is 13.0. The van der Waals surface area contributed by atoms with Gasteiger partial charge in [-0.05, 0) is 29.8 Å². The van der Waals surface area contributed by atoms with Crippen molar-refractivity contribution in [2.45, 2.75) is 13.5 Å². The molecular weight excluding hydrogens is 313 g/mol. The highest BCUT2D eigenvalue weighted by Crippen LogP contribution is 2.18. The quantitative estimate of drug-likeness (QED) is 0.799. The number of amides is 1. The molecule has 0 saturated heterocycles. The molecule has 0 aliphatic heterocycles. The summed E-state index contributed by atoms with van der Waals surface area (Å²) in [5.41, 5.74) is 0.712. The second kappa shape index (κ2) is 7.92. The summed E-state index contributed by atoms with van der Waals surface area (Å²) in [7, 11) is 0. The molecule has 2 N–H and O–H groups in total. The lowest BCUT2D eigenvalue weighted by Crippen LogP contribution is -2.24. The van der Waals surface area contributed by atoms with Crippen LogP contribution >= 0.6 is 0 Å². The van der Waals surface area contributed by atoms with E-state index in [1.54, 1.807) is 42.5 Å². The lowest BCUT2D eigenvalue weighted by Gasteiger charge is -2.08. The van der Waals surface area contributed by atoms with Gasteiger partial charge in [0.05, 0.1) is 0 Å². The molecule has 1 amide bonds. The monoisotopic (exact) mass is 329 g/mol. The normalized spacial score (nSPS) is 11.0. The van der Waals surface area contributed by atoms with Gasteiger partial charge >= 0.3 is 5.97 Å². The van der Waals surface area contributed by atoms with Gasteiger partial charge < -0.3 is 15.2 Å². The van der Waals surface area contributed by atoms with Gasteiger partial charge in [0.1, 0.15) is 23.9 Å². The topological polar surface area (TPSA) is 75.6 Å². The molecular formula is C18H16FNO4. The van der Waals surface area contributed by atoms with Gasteiger partial charge in [-0.25, -0.2) is 9.18 Å². The van der Waals surface area contributed by atoms with Crippen LogP contribution in [0.15, 0.2) is 54.2 Å². The molecule has 0 saturated carbocycles. The molecule has 0 aromatic heterocycles. The van der Waals surface area contributed by atoms with E-state index in [-0.39, 0.29) is 18.1 Å². The molecule has 0 unspecified atom stereocenters. The van der Waals surface area contributed by atoms with E-state index < -0.39 is 11.9 Å². The summed E-state index contributed by atoms with van der Waals surface area (Å²) >= 11 is 0. The summed E-state index contributed by atoms with van der Waals surface area (Å²) in [6.45, 7) is 1.28. The van der Waals surface area contributed by atoms with Gasteiger partial charge in [0, 0.05) is 12.5 Å². The smallest absolute Gasteiger partial charge is 0.352 e. The van der Waals surface area contributed by atoms with Crippen molar-refractivity contribution in [1.82, 2.24) is 5.32 Å². The van der Waals surface area contributed by atoms with Crippen LogP contribution in [-0.2, 0) is 16.2 Å². The van der Waals surface area contributed by atoms with Crippen molar-refractivity contribution >= 4 is 18.0 Å². The van der Waals surface area contributed by atoms with Crippen LogP contribution in [0.1, 0.15) is 18.1 Å². The number of rotatable bonds is 6. The van der Waals surface area contributed by atoms with Crippen molar-refractivity contribution in [2.75, 3.05) is 0 Å². The Hall–Kier alpha value is -3.15. The Bertz CT molecular complexity index is 786. The van der Waals surface area contributed by atoms with Crippen LogP contribution in [0.3, 0.4) is 0 Å². The summed E-state index contributed by atoms with van der Waals surface area (Å²) in [5.74, 6) is -1.62. The van der Waals surface area contributed by atoms with Gasteiger partial charge in [-0.1, -0.05) is 30.3 Å². The van der Waals surface area contributed by atoms with Crippen molar-refractivity contribution in [1.29, 1.82) is 0 Å². The molecule has 0 aliphatic carbocycles. The molecule has 6 heteroatoms. The summed E-state index contributed by atoms with van der Waals surface area (Å²) in [6, 6.07) is 12.9. The first-order valence-corrected chi connectivity index (χ1v) is 7.14. The van der Waals surface area contributed by atoms with E-state index in [2.05, 4.69) is 5.32 Å². The standard InChI is InChI=1S/C18H16FNO4/c1-12(21)20-17(18(22)23)10-13-5-4-7-15(9-13)24-11-14-6-2-3-8-16(14)19/h2-10H,11H2,1H3,(H,20,21)(H,22,23)/b17-10+. The van der Waals surface area contributed by atoms with Gasteiger partial charge in [-0.3, -0.25) is 4.79 Å². The highest BCUT2D eigenvalue weighted by Gasteiger charge is 2.09. The number of nitrogens with one attached hydrogen (secondary N) is 1. The van der Waals surface area contributed by atoms with E-state index in [1.165, 1.54) is 19.1 Å². The number of halogens is 1. The SMILES string of the molecule is CC(=O)N/C(=C/c1cccc(OCc2ccccc2F)c1)C(=O)O. The molecule has 0 aliphatic rings. The number of hydrogen-bond donors (Lipinski definition) is 2. The number of hydrogen-bond acceptors (Lipinski definition) is 3. The second-order valence-electron chi connectivity index (χ2n) is 5.00.